The summed E-state index contributed by atoms with van der Waals surface area (Å²) < 4.78 is 11.4. The van der Waals surface area contributed by atoms with E-state index in [-0.39, 0.29) is 11.6 Å². The highest BCUT2D eigenvalue weighted by Crippen LogP contribution is 2.59. The van der Waals surface area contributed by atoms with Crippen LogP contribution in [0, 0.1) is 17.8 Å². The van der Waals surface area contributed by atoms with Crippen LogP contribution >= 0.6 is 0 Å². The molecule has 0 radical (unpaired) electrons. The minimum Gasteiger partial charge on any atom is -0.427 e. The molecule has 3 heteroatoms. The molecule has 2 atom stereocenters. The number of esters is 1. The molecular weight excluding hydrogens is 336 g/mol. The van der Waals surface area contributed by atoms with E-state index in [9.17, 15) is 4.79 Å². The Labute approximate surface area is 160 Å². The fourth-order valence-corrected chi connectivity index (χ4v) is 6.05. The lowest BCUT2D eigenvalue weighted by molar-refractivity contribution is -0.131. The molecule has 0 N–H and O–H groups in total. The highest BCUT2D eigenvalue weighted by molar-refractivity contribution is 5.87. The number of benzene rings is 2. The van der Waals surface area contributed by atoms with Crippen molar-refractivity contribution in [1.29, 1.82) is 0 Å². The molecule has 140 valence electrons. The van der Waals surface area contributed by atoms with E-state index in [0.717, 1.165) is 22.6 Å². The van der Waals surface area contributed by atoms with Crippen molar-refractivity contribution in [3.8, 4) is 5.75 Å². The first-order valence-electron chi connectivity index (χ1n) is 10.0. The Morgan fingerprint density at radius 2 is 1.78 bits per heavy atom. The summed E-state index contributed by atoms with van der Waals surface area (Å²) in [6.45, 7) is 1.43. The van der Waals surface area contributed by atoms with Crippen LogP contribution in [0.15, 0.2) is 42.0 Å². The van der Waals surface area contributed by atoms with Crippen molar-refractivity contribution < 1.29 is 14.3 Å². The van der Waals surface area contributed by atoms with E-state index in [1.807, 2.05) is 25.3 Å². The summed E-state index contributed by atoms with van der Waals surface area (Å²) >= 11 is 0. The normalized spacial score (nSPS) is 33.0. The highest BCUT2D eigenvalue weighted by atomic mass is 16.5. The van der Waals surface area contributed by atoms with Gasteiger partial charge in [-0.15, -0.1) is 0 Å². The number of carbonyl (C=O) groups is 1. The first-order valence-corrected chi connectivity index (χ1v) is 10.0. The molecule has 27 heavy (non-hydrogen) atoms. The summed E-state index contributed by atoms with van der Waals surface area (Å²) in [4.78, 5) is 11.2. The van der Waals surface area contributed by atoms with Gasteiger partial charge in [0.2, 0.25) is 0 Å². The molecule has 4 bridgehead atoms. The van der Waals surface area contributed by atoms with Crippen LogP contribution in [0.2, 0.25) is 0 Å². The summed E-state index contributed by atoms with van der Waals surface area (Å²) in [5.41, 5.74) is 2.68. The number of rotatable bonds is 3. The monoisotopic (exact) mass is 362 g/mol. The molecule has 4 saturated carbocycles. The molecule has 0 heterocycles. The quantitative estimate of drug-likeness (QED) is 0.544. The molecule has 2 unspecified atom stereocenters. The third-order valence-electron chi connectivity index (χ3n) is 6.92. The Morgan fingerprint density at radius 1 is 1.04 bits per heavy atom. The second-order valence-electron chi connectivity index (χ2n) is 8.70. The Kier molecular flexibility index (Phi) is 3.90. The maximum Gasteiger partial charge on any atom is 0.308 e. The van der Waals surface area contributed by atoms with Crippen molar-refractivity contribution in [2.24, 2.45) is 17.8 Å². The smallest absolute Gasteiger partial charge is 0.308 e. The zero-order valence-electron chi connectivity index (χ0n) is 16.0. The highest BCUT2D eigenvalue weighted by Gasteiger charge is 2.54. The zero-order valence-corrected chi connectivity index (χ0v) is 16.0. The Balaban J connectivity index is 1.54. The number of ether oxygens (including phenoxy) is 2. The predicted octanol–water partition coefficient (Wildman–Crippen LogP) is 5.37. The van der Waals surface area contributed by atoms with Crippen molar-refractivity contribution in [1.82, 2.24) is 0 Å². The maximum absolute atomic E-state index is 11.2. The number of methoxy groups -OCH3 is 1. The van der Waals surface area contributed by atoms with Crippen molar-refractivity contribution in [3.05, 3.63) is 47.5 Å². The van der Waals surface area contributed by atoms with Gasteiger partial charge in [-0.3, -0.25) is 4.79 Å². The van der Waals surface area contributed by atoms with E-state index in [0.29, 0.717) is 11.7 Å². The van der Waals surface area contributed by atoms with Gasteiger partial charge in [0.05, 0.1) is 5.60 Å². The molecule has 4 aliphatic rings. The van der Waals surface area contributed by atoms with E-state index >= 15 is 0 Å². The third-order valence-corrected chi connectivity index (χ3v) is 6.92. The lowest BCUT2D eigenvalue weighted by Crippen LogP contribution is -2.53. The molecular formula is C24H26O3. The first-order chi connectivity index (χ1) is 13.0. The summed E-state index contributed by atoms with van der Waals surface area (Å²) in [6.07, 6.45) is 8.82. The van der Waals surface area contributed by atoms with Gasteiger partial charge in [0.25, 0.3) is 0 Å². The Hall–Kier alpha value is -2.13. The second kappa shape index (κ2) is 6.20. The molecule has 2 aromatic rings. The molecule has 4 fully saturated rings. The van der Waals surface area contributed by atoms with Crippen molar-refractivity contribution in [3.63, 3.8) is 0 Å². The van der Waals surface area contributed by atoms with E-state index in [4.69, 9.17) is 9.47 Å². The van der Waals surface area contributed by atoms with Crippen LogP contribution in [0.25, 0.3) is 16.8 Å². The molecule has 4 aliphatic carbocycles. The minimum absolute atomic E-state index is 0.0384. The zero-order chi connectivity index (χ0) is 18.6. The van der Waals surface area contributed by atoms with Crippen LogP contribution < -0.4 is 4.74 Å². The van der Waals surface area contributed by atoms with E-state index in [2.05, 4.69) is 24.3 Å². The van der Waals surface area contributed by atoms with Crippen molar-refractivity contribution >= 4 is 22.8 Å². The van der Waals surface area contributed by atoms with Crippen LogP contribution in [0.5, 0.6) is 5.75 Å². The van der Waals surface area contributed by atoms with Crippen LogP contribution in [0.4, 0.5) is 0 Å². The average molecular weight is 362 g/mol. The Bertz CT molecular complexity index is 928. The van der Waals surface area contributed by atoms with Crippen molar-refractivity contribution in [2.75, 3.05) is 7.11 Å². The van der Waals surface area contributed by atoms with Gasteiger partial charge in [0, 0.05) is 14.0 Å². The lowest BCUT2D eigenvalue weighted by Gasteiger charge is -2.57. The molecule has 0 spiro atoms. The number of carbonyl (C=O) groups excluding carboxylic acids is 1. The summed E-state index contributed by atoms with van der Waals surface area (Å²) in [6, 6.07) is 12.3. The molecule has 6 rings (SSSR count). The standard InChI is InChI=1S/C24H26O3/c1-15(25)27-22-6-5-19-4-3-16(8-20(19)12-22)11-23-21-9-17-7-18(10-21)14-24(23,13-17)26-2/h3-6,8,11-12,17-18,21H,7,9-10,13-14H2,1-2H3. The maximum atomic E-state index is 11.2. The fourth-order valence-electron chi connectivity index (χ4n) is 6.05. The van der Waals surface area contributed by atoms with Gasteiger partial charge in [-0.05, 0) is 90.0 Å². The molecule has 0 aromatic heterocycles. The fraction of sp³-hybridized carbons (Fsp3) is 0.458. The van der Waals surface area contributed by atoms with Crippen LogP contribution in [-0.2, 0) is 9.53 Å². The van der Waals surface area contributed by atoms with Gasteiger partial charge in [0.1, 0.15) is 5.75 Å². The number of hydrogen-bond donors (Lipinski definition) is 0. The SMILES string of the molecule is COC12CC3CC(CC(C3)C1=Cc1ccc3ccc(OC(C)=O)cc3c1)C2. The van der Waals surface area contributed by atoms with Gasteiger partial charge in [-0.25, -0.2) is 0 Å². The average Bonchev–Trinajstić information content (AvgIpc) is 2.63. The topological polar surface area (TPSA) is 35.5 Å². The van der Waals surface area contributed by atoms with E-state index in [1.54, 1.807) is 0 Å². The molecule has 0 aliphatic heterocycles. The van der Waals surface area contributed by atoms with Crippen molar-refractivity contribution in [2.45, 2.75) is 44.6 Å². The third kappa shape index (κ3) is 2.89. The van der Waals surface area contributed by atoms with Gasteiger partial charge in [0.15, 0.2) is 0 Å². The second-order valence-corrected chi connectivity index (χ2v) is 8.70. The lowest BCUT2D eigenvalue weighted by atomic mass is 9.52. The molecule has 2 aromatic carbocycles. The molecule has 0 saturated heterocycles. The van der Waals surface area contributed by atoms with Gasteiger partial charge in [-0.1, -0.05) is 24.3 Å². The number of fused-ring (bicyclic) bond motifs is 1. The van der Waals surface area contributed by atoms with Gasteiger partial charge in [-0.2, -0.15) is 0 Å². The predicted molar refractivity (Wildman–Crippen MR) is 107 cm³/mol. The Morgan fingerprint density at radius 3 is 2.48 bits per heavy atom. The first kappa shape index (κ1) is 17.0. The molecule has 3 nitrogen and oxygen atoms in total. The number of hydrogen-bond acceptors (Lipinski definition) is 3. The molecule has 0 amide bonds. The van der Waals surface area contributed by atoms with Crippen LogP contribution in [0.1, 0.15) is 44.6 Å². The summed E-state index contributed by atoms with van der Waals surface area (Å²) in [5, 5.41) is 2.25. The largest absolute Gasteiger partial charge is 0.427 e. The van der Waals surface area contributed by atoms with Crippen LogP contribution in [0.3, 0.4) is 0 Å². The summed E-state index contributed by atoms with van der Waals surface area (Å²) in [5.74, 6) is 2.69. The van der Waals surface area contributed by atoms with E-state index in [1.165, 1.54) is 50.2 Å². The minimum atomic E-state index is -0.289. The van der Waals surface area contributed by atoms with Gasteiger partial charge >= 0.3 is 5.97 Å². The van der Waals surface area contributed by atoms with E-state index < -0.39 is 0 Å². The van der Waals surface area contributed by atoms with Gasteiger partial charge < -0.3 is 9.47 Å². The van der Waals surface area contributed by atoms with Crippen LogP contribution in [-0.4, -0.2) is 18.7 Å². The summed E-state index contributed by atoms with van der Waals surface area (Å²) in [7, 11) is 1.90.